The van der Waals surface area contributed by atoms with Crippen molar-refractivity contribution in [1.29, 1.82) is 0 Å². The number of para-hydroxylation sites is 2. The first-order valence-corrected chi connectivity index (χ1v) is 15.6. The lowest BCUT2D eigenvalue weighted by Crippen LogP contribution is -2.60. The molecule has 2 aromatic carbocycles. The average molecular weight is 564 g/mol. The van der Waals surface area contributed by atoms with Gasteiger partial charge in [-0.25, -0.2) is 0 Å². The normalized spacial score (nSPS) is 23.2. The predicted octanol–water partition coefficient (Wildman–Crippen LogP) is 5.41. The molecule has 3 atom stereocenters. The lowest BCUT2D eigenvalue weighted by Gasteiger charge is -2.43. The fourth-order valence-electron chi connectivity index (χ4n) is 6.81. The van der Waals surface area contributed by atoms with E-state index in [1.807, 2.05) is 6.07 Å². The van der Waals surface area contributed by atoms with Crippen molar-refractivity contribution in [1.82, 2.24) is 4.90 Å². The molecule has 7 nitrogen and oxygen atoms in total. The van der Waals surface area contributed by atoms with Crippen LogP contribution in [0.2, 0.25) is 0 Å². The van der Waals surface area contributed by atoms with Gasteiger partial charge in [0.15, 0.2) is 0 Å². The number of aryl methyl sites for hydroxylation is 4. The summed E-state index contributed by atoms with van der Waals surface area (Å²) in [5.41, 5.74) is 6.57. The summed E-state index contributed by atoms with van der Waals surface area (Å²) in [6, 6.07) is 12.3. The summed E-state index contributed by atoms with van der Waals surface area (Å²) in [5.74, 6) is 0.371. The predicted molar refractivity (Wildman–Crippen MR) is 168 cm³/mol. The number of amides is 1. The molecule has 0 radical (unpaired) electrons. The quantitative estimate of drug-likeness (QED) is 0.267. The van der Waals surface area contributed by atoms with E-state index in [1.165, 1.54) is 11.1 Å². The summed E-state index contributed by atoms with van der Waals surface area (Å²) in [5, 5.41) is 6.66. The van der Waals surface area contributed by atoms with E-state index in [9.17, 15) is 9.59 Å². The van der Waals surface area contributed by atoms with Crippen LogP contribution in [0, 0.1) is 27.7 Å². The van der Waals surface area contributed by atoms with Crippen LogP contribution < -0.4 is 10.6 Å². The van der Waals surface area contributed by atoms with E-state index >= 15 is 0 Å². The van der Waals surface area contributed by atoms with Crippen molar-refractivity contribution in [2.75, 3.05) is 63.1 Å². The molecule has 2 saturated heterocycles. The minimum absolute atomic E-state index is 0.0770. The zero-order valence-electron chi connectivity index (χ0n) is 25.9. The van der Waals surface area contributed by atoms with E-state index in [2.05, 4.69) is 80.5 Å². The fourth-order valence-corrected chi connectivity index (χ4v) is 6.81. The molecule has 2 aliphatic rings. The first-order chi connectivity index (χ1) is 19.7. The molecule has 224 valence electrons. The number of nitrogens with one attached hydrogen (secondary N) is 2. The molecule has 3 unspecified atom stereocenters. The van der Waals surface area contributed by atoms with Gasteiger partial charge in [0.1, 0.15) is 25.7 Å². The molecule has 0 bridgehead atoms. The second kappa shape index (κ2) is 14.4. The molecule has 0 saturated carbocycles. The van der Waals surface area contributed by atoms with Gasteiger partial charge in [0, 0.05) is 11.4 Å². The number of piperidine rings is 1. The Morgan fingerprint density at radius 1 is 0.951 bits per heavy atom. The highest BCUT2D eigenvalue weighted by Gasteiger charge is 2.36. The first kappa shape index (κ1) is 31.2. The maximum atomic E-state index is 13.4. The lowest BCUT2D eigenvalue weighted by atomic mass is 10.00. The number of morpholine rings is 1. The second-order valence-electron chi connectivity index (χ2n) is 12.5. The molecule has 0 spiro atoms. The molecule has 2 heterocycles. The number of nitrogens with zero attached hydrogens (tertiary/aromatic N) is 2. The summed E-state index contributed by atoms with van der Waals surface area (Å²) < 4.78 is 6.68. The Bertz CT molecular complexity index is 1160. The van der Waals surface area contributed by atoms with Crippen LogP contribution in [0.1, 0.15) is 61.3 Å². The third-order valence-electron chi connectivity index (χ3n) is 9.04. The Kier molecular flexibility index (Phi) is 11.0. The van der Waals surface area contributed by atoms with Gasteiger partial charge < -0.3 is 19.9 Å². The number of ether oxygens (including phenoxy) is 1. The third-order valence-corrected chi connectivity index (χ3v) is 9.04. The van der Waals surface area contributed by atoms with Crippen molar-refractivity contribution in [3.63, 3.8) is 0 Å². The van der Waals surface area contributed by atoms with E-state index < -0.39 is 0 Å². The molecule has 41 heavy (non-hydrogen) atoms. The molecule has 4 rings (SSSR count). The SMILES string of the molecule is Cc1cccc(C)c1NCC(=O)C[N+]1(CCCCN2CCCCC2C(=O)Nc2c(C)cccc2C)CCOC(C)C1. The van der Waals surface area contributed by atoms with Crippen LogP contribution in [-0.2, 0) is 14.3 Å². The van der Waals surface area contributed by atoms with E-state index in [-0.39, 0.29) is 23.8 Å². The van der Waals surface area contributed by atoms with Crippen LogP contribution in [0.15, 0.2) is 36.4 Å². The largest absolute Gasteiger partial charge is 0.377 e. The zero-order chi connectivity index (χ0) is 29.4. The zero-order valence-corrected chi connectivity index (χ0v) is 25.9. The highest BCUT2D eigenvalue weighted by Crippen LogP contribution is 2.24. The van der Waals surface area contributed by atoms with Crippen molar-refractivity contribution in [2.45, 2.75) is 78.9 Å². The number of benzene rings is 2. The van der Waals surface area contributed by atoms with Gasteiger partial charge >= 0.3 is 0 Å². The average Bonchev–Trinajstić information content (AvgIpc) is 2.93. The van der Waals surface area contributed by atoms with Crippen LogP contribution in [0.5, 0.6) is 0 Å². The van der Waals surface area contributed by atoms with Crippen LogP contribution in [0.3, 0.4) is 0 Å². The molecular formula is C34H51N4O3+. The smallest absolute Gasteiger partial charge is 0.241 e. The monoisotopic (exact) mass is 563 g/mol. The van der Waals surface area contributed by atoms with E-state index in [4.69, 9.17) is 4.74 Å². The molecular weight excluding hydrogens is 512 g/mol. The summed E-state index contributed by atoms with van der Waals surface area (Å²) in [7, 11) is 0. The number of carbonyl (C=O) groups is 2. The molecule has 2 fully saturated rings. The summed E-state index contributed by atoms with van der Waals surface area (Å²) in [4.78, 5) is 29.0. The molecule has 2 N–H and O–H groups in total. The maximum Gasteiger partial charge on any atom is 0.241 e. The van der Waals surface area contributed by atoms with Crippen molar-refractivity contribution in [3.05, 3.63) is 58.7 Å². The number of carbonyl (C=O) groups excluding carboxylic acids is 2. The Labute approximate surface area is 247 Å². The number of rotatable bonds is 12. The highest BCUT2D eigenvalue weighted by atomic mass is 16.5. The Morgan fingerprint density at radius 2 is 1.61 bits per heavy atom. The maximum absolute atomic E-state index is 13.4. The number of hydrogen-bond acceptors (Lipinski definition) is 5. The van der Waals surface area contributed by atoms with Crippen LogP contribution >= 0.6 is 0 Å². The first-order valence-electron chi connectivity index (χ1n) is 15.6. The van der Waals surface area contributed by atoms with E-state index in [0.717, 1.165) is 91.8 Å². The van der Waals surface area contributed by atoms with Gasteiger partial charge in [0.05, 0.1) is 25.7 Å². The molecule has 1 amide bonds. The number of hydrogen-bond donors (Lipinski definition) is 2. The molecule has 7 heteroatoms. The minimum atomic E-state index is -0.0770. The Hall–Kier alpha value is -2.74. The van der Waals surface area contributed by atoms with E-state index in [0.29, 0.717) is 19.7 Å². The number of ketones is 1. The highest BCUT2D eigenvalue weighted by molar-refractivity contribution is 5.96. The molecule has 2 aliphatic heterocycles. The summed E-state index contributed by atoms with van der Waals surface area (Å²) >= 11 is 0. The van der Waals surface area contributed by atoms with Gasteiger partial charge in [0.2, 0.25) is 11.7 Å². The number of anilines is 2. The Morgan fingerprint density at radius 3 is 2.27 bits per heavy atom. The van der Waals surface area contributed by atoms with Gasteiger partial charge in [-0.05, 0) is 95.6 Å². The lowest BCUT2D eigenvalue weighted by molar-refractivity contribution is -0.931. The molecule has 0 aromatic heterocycles. The number of quaternary nitrogens is 1. The number of Topliss-reactive ketones (excluding diaryl/α,β-unsaturated/α-hetero) is 1. The molecule has 0 aliphatic carbocycles. The standard InChI is InChI=1S/C34H50N4O3/c1-25-12-10-13-26(2)32(25)35-22-30(39)24-38(20-21-41-29(5)23-38)19-9-8-18-37-17-7-6-16-31(37)34(40)36-33-27(3)14-11-15-28(33)4/h10-15,29,31,35H,6-9,16-24H2,1-5H3/p+1. The third kappa shape index (κ3) is 8.40. The summed E-state index contributed by atoms with van der Waals surface area (Å²) in [6.07, 6.45) is 5.36. The van der Waals surface area contributed by atoms with Gasteiger partial charge in [-0.1, -0.05) is 42.8 Å². The Balaban J connectivity index is 1.31. The van der Waals surface area contributed by atoms with Crippen LogP contribution in [-0.4, -0.2) is 85.6 Å². The number of likely N-dealkylation sites (tertiary alicyclic amines) is 1. The van der Waals surface area contributed by atoms with Gasteiger partial charge in [0.25, 0.3) is 0 Å². The van der Waals surface area contributed by atoms with Gasteiger partial charge in [-0.15, -0.1) is 0 Å². The van der Waals surface area contributed by atoms with Crippen LogP contribution in [0.4, 0.5) is 11.4 Å². The molecule has 2 aromatic rings. The van der Waals surface area contributed by atoms with Crippen molar-refractivity contribution < 1.29 is 18.8 Å². The van der Waals surface area contributed by atoms with Gasteiger partial charge in [-0.2, -0.15) is 0 Å². The summed E-state index contributed by atoms with van der Waals surface area (Å²) in [6.45, 7) is 16.6. The van der Waals surface area contributed by atoms with Crippen molar-refractivity contribution in [3.8, 4) is 0 Å². The topological polar surface area (TPSA) is 70.7 Å². The van der Waals surface area contributed by atoms with E-state index in [1.54, 1.807) is 0 Å². The minimum Gasteiger partial charge on any atom is -0.377 e. The van der Waals surface area contributed by atoms with Crippen molar-refractivity contribution >= 4 is 23.1 Å². The fraction of sp³-hybridized carbons (Fsp3) is 0.588. The second-order valence-corrected chi connectivity index (χ2v) is 12.5. The van der Waals surface area contributed by atoms with Crippen molar-refractivity contribution in [2.24, 2.45) is 0 Å². The number of unbranched alkanes of at least 4 members (excludes halogenated alkanes) is 1. The van der Waals surface area contributed by atoms with Gasteiger partial charge in [-0.3, -0.25) is 14.5 Å². The van der Waals surface area contributed by atoms with Crippen LogP contribution in [0.25, 0.3) is 0 Å².